The molecule has 0 N–H and O–H groups in total. The molecule has 0 amide bonds. The number of esters is 1. The van der Waals surface area contributed by atoms with E-state index in [0.717, 1.165) is 0 Å². The van der Waals surface area contributed by atoms with Crippen molar-refractivity contribution < 1.29 is 23.4 Å². The van der Waals surface area contributed by atoms with Crippen molar-refractivity contribution in [1.29, 1.82) is 0 Å². The van der Waals surface area contributed by atoms with E-state index in [1.807, 2.05) is 50.2 Å². The van der Waals surface area contributed by atoms with Crippen LogP contribution < -0.4 is 24.4 Å². The monoisotopic (exact) mass is 688 g/mol. The summed E-state index contributed by atoms with van der Waals surface area (Å²) in [4.78, 5) is 33.4. The van der Waals surface area contributed by atoms with Gasteiger partial charge in [-0.15, -0.1) is 0 Å². The second-order valence-electron chi connectivity index (χ2n) is 10.3. The molecule has 1 aliphatic rings. The van der Waals surface area contributed by atoms with Gasteiger partial charge in [0.15, 0.2) is 16.3 Å². The SMILES string of the molecule is CCOC(=O)C1=C(c2ccccc2)N=c2s/c(=C/c3ccc(-c4cccc(Cl)c4Cl)o3)c(=O)n2C1c1ccc(OCC)c(OCC)c1. The number of carbonyl (C=O) groups is 1. The first-order valence-electron chi connectivity index (χ1n) is 15.1. The molecule has 0 radical (unpaired) electrons. The van der Waals surface area contributed by atoms with Gasteiger partial charge < -0.3 is 18.6 Å². The highest BCUT2D eigenvalue weighted by Crippen LogP contribution is 2.39. The fraction of sp³-hybridized carbons (Fsp3) is 0.194. The van der Waals surface area contributed by atoms with E-state index in [9.17, 15) is 9.59 Å². The van der Waals surface area contributed by atoms with Gasteiger partial charge in [0, 0.05) is 17.2 Å². The van der Waals surface area contributed by atoms with Crippen molar-refractivity contribution in [3.63, 3.8) is 0 Å². The van der Waals surface area contributed by atoms with E-state index in [1.54, 1.807) is 55.5 Å². The number of hydrogen-bond acceptors (Lipinski definition) is 8. The standard InChI is InChI=1S/C36H30Cl2N2O6S/c1-4-43-27-17-15-22(19-28(27)44-5-2)33-30(35(42)45-6-3)32(21-11-8-7-9-12-21)39-36-40(33)34(41)29(47-36)20-23-16-18-26(46-23)24-13-10-14-25(37)31(24)38/h7-20,33H,4-6H2,1-3H3/b29-20+. The summed E-state index contributed by atoms with van der Waals surface area (Å²) >= 11 is 13.8. The summed E-state index contributed by atoms with van der Waals surface area (Å²) in [5.41, 5.74) is 2.28. The summed E-state index contributed by atoms with van der Waals surface area (Å²) in [6.45, 7) is 6.49. The van der Waals surface area contributed by atoms with Crippen LogP contribution in [-0.4, -0.2) is 30.4 Å². The number of nitrogens with zero attached hydrogens (tertiary/aromatic N) is 2. The van der Waals surface area contributed by atoms with Gasteiger partial charge in [0.05, 0.1) is 51.7 Å². The van der Waals surface area contributed by atoms with Crippen molar-refractivity contribution in [1.82, 2.24) is 4.57 Å². The highest BCUT2D eigenvalue weighted by molar-refractivity contribution is 7.07. The predicted molar refractivity (Wildman–Crippen MR) is 184 cm³/mol. The molecule has 0 saturated carbocycles. The van der Waals surface area contributed by atoms with Gasteiger partial charge in [-0.25, -0.2) is 9.79 Å². The van der Waals surface area contributed by atoms with Crippen molar-refractivity contribution in [2.24, 2.45) is 4.99 Å². The first kappa shape index (κ1) is 32.4. The lowest BCUT2D eigenvalue weighted by molar-refractivity contribution is -0.138. The Morgan fingerprint density at radius 3 is 2.45 bits per heavy atom. The van der Waals surface area contributed by atoms with E-state index in [4.69, 9.17) is 46.8 Å². The molecule has 11 heteroatoms. The molecule has 0 spiro atoms. The molecule has 47 heavy (non-hydrogen) atoms. The summed E-state index contributed by atoms with van der Waals surface area (Å²) in [5, 5.41) is 0.778. The Kier molecular flexibility index (Phi) is 9.68. The maximum absolute atomic E-state index is 14.3. The number of benzene rings is 3. The lowest BCUT2D eigenvalue weighted by Crippen LogP contribution is -2.40. The van der Waals surface area contributed by atoms with Crippen LogP contribution in [0.4, 0.5) is 0 Å². The highest BCUT2D eigenvalue weighted by atomic mass is 35.5. The van der Waals surface area contributed by atoms with E-state index in [1.165, 1.54) is 15.9 Å². The largest absolute Gasteiger partial charge is 0.490 e. The molecule has 0 bridgehead atoms. The van der Waals surface area contributed by atoms with Gasteiger partial charge >= 0.3 is 5.97 Å². The van der Waals surface area contributed by atoms with Gasteiger partial charge in [-0.3, -0.25) is 9.36 Å². The number of halogens is 2. The molecule has 3 aromatic carbocycles. The topological polar surface area (TPSA) is 92.3 Å². The summed E-state index contributed by atoms with van der Waals surface area (Å²) in [7, 11) is 0. The van der Waals surface area contributed by atoms with Crippen molar-refractivity contribution >= 4 is 52.3 Å². The average molecular weight is 690 g/mol. The summed E-state index contributed by atoms with van der Waals surface area (Å²) < 4.78 is 25.3. The Balaban J connectivity index is 1.58. The number of thiazole rings is 1. The second-order valence-corrected chi connectivity index (χ2v) is 12.1. The molecule has 3 heterocycles. The minimum Gasteiger partial charge on any atom is -0.490 e. The third-order valence-corrected chi connectivity index (χ3v) is 9.18. The van der Waals surface area contributed by atoms with Crippen LogP contribution in [0.2, 0.25) is 10.0 Å². The second kappa shape index (κ2) is 14.0. The Morgan fingerprint density at radius 1 is 0.936 bits per heavy atom. The Labute approximate surface area is 284 Å². The molecule has 2 aromatic heterocycles. The van der Waals surface area contributed by atoms with Gasteiger partial charge in [-0.1, -0.05) is 77.0 Å². The predicted octanol–water partition coefficient (Wildman–Crippen LogP) is 7.30. The smallest absolute Gasteiger partial charge is 0.338 e. The van der Waals surface area contributed by atoms with Gasteiger partial charge in [0.1, 0.15) is 11.5 Å². The van der Waals surface area contributed by atoms with Gasteiger partial charge in [0.25, 0.3) is 5.56 Å². The zero-order valence-electron chi connectivity index (χ0n) is 25.8. The molecule has 0 aliphatic carbocycles. The average Bonchev–Trinajstić information content (AvgIpc) is 3.67. The van der Waals surface area contributed by atoms with E-state index < -0.39 is 12.0 Å². The summed E-state index contributed by atoms with van der Waals surface area (Å²) in [5.74, 6) is 1.42. The summed E-state index contributed by atoms with van der Waals surface area (Å²) in [6, 6.07) is 22.7. The molecule has 1 unspecified atom stereocenters. The zero-order valence-corrected chi connectivity index (χ0v) is 28.1. The van der Waals surface area contributed by atoms with Crippen LogP contribution in [0.1, 0.15) is 43.7 Å². The first-order valence-corrected chi connectivity index (χ1v) is 16.6. The normalized spacial score (nSPS) is 14.5. The molecule has 5 aromatic rings. The maximum atomic E-state index is 14.3. The van der Waals surface area contributed by atoms with Crippen LogP contribution in [0.5, 0.6) is 11.5 Å². The Hall–Kier alpha value is -4.57. The maximum Gasteiger partial charge on any atom is 0.338 e. The first-order chi connectivity index (χ1) is 22.8. The molecule has 0 saturated heterocycles. The van der Waals surface area contributed by atoms with Crippen LogP contribution in [0.15, 0.2) is 98.6 Å². The number of hydrogen-bond donors (Lipinski definition) is 0. The van der Waals surface area contributed by atoms with Gasteiger partial charge in [-0.05, 0) is 62.7 Å². The molecule has 8 nitrogen and oxygen atoms in total. The highest BCUT2D eigenvalue weighted by Gasteiger charge is 2.35. The van der Waals surface area contributed by atoms with E-state index >= 15 is 0 Å². The number of aromatic nitrogens is 1. The van der Waals surface area contributed by atoms with E-state index in [2.05, 4.69) is 0 Å². The van der Waals surface area contributed by atoms with E-state index in [0.29, 0.717) is 78.0 Å². The fourth-order valence-corrected chi connectivity index (χ4v) is 6.77. The van der Waals surface area contributed by atoms with E-state index in [-0.39, 0.29) is 17.7 Å². The number of carbonyl (C=O) groups excluding carboxylic acids is 1. The Morgan fingerprint density at radius 2 is 1.70 bits per heavy atom. The lowest BCUT2D eigenvalue weighted by atomic mass is 9.93. The number of furan rings is 1. The number of ether oxygens (including phenoxy) is 3. The van der Waals surface area contributed by atoms with Gasteiger partial charge in [0.2, 0.25) is 0 Å². The molecule has 1 aliphatic heterocycles. The third-order valence-electron chi connectivity index (χ3n) is 7.37. The van der Waals surface area contributed by atoms with Crippen LogP contribution in [0, 0.1) is 0 Å². The van der Waals surface area contributed by atoms with Crippen LogP contribution >= 0.6 is 34.5 Å². The zero-order chi connectivity index (χ0) is 33.1. The molecular weight excluding hydrogens is 659 g/mol. The number of fused-ring (bicyclic) bond motifs is 1. The fourth-order valence-electron chi connectivity index (χ4n) is 5.39. The minimum atomic E-state index is -0.880. The third kappa shape index (κ3) is 6.39. The number of rotatable bonds is 10. The van der Waals surface area contributed by atoms with Crippen LogP contribution in [0.3, 0.4) is 0 Å². The molecular formula is C36H30Cl2N2O6S. The van der Waals surface area contributed by atoms with Crippen molar-refractivity contribution in [2.45, 2.75) is 26.8 Å². The Bertz CT molecular complexity index is 2170. The molecule has 240 valence electrons. The molecule has 0 fully saturated rings. The quantitative estimate of drug-likeness (QED) is 0.143. The minimum absolute atomic E-state index is 0.145. The van der Waals surface area contributed by atoms with Crippen molar-refractivity contribution in [3.8, 4) is 22.8 Å². The summed E-state index contributed by atoms with van der Waals surface area (Å²) in [6.07, 6.45) is 1.66. The molecule has 6 rings (SSSR count). The van der Waals surface area contributed by atoms with Crippen molar-refractivity contribution in [3.05, 3.63) is 131 Å². The van der Waals surface area contributed by atoms with Crippen LogP contribution in [0.25, 0.3) is 23.1 Å². The van der Waals surface area contributed by atoms with Crippen molar-refractivity contribution in [2.75, 3.05) is 19.8 Å². The van der Waals surface area contributed by atoms with Gasteiger partial charge in [-0.2, -0.15) is 0 Å². The molecule has 1 atom stereocenters. The van der Waals surface area contributed by atoms with Crippen LogP contribution in [-0.2, 0) is 9.53 Å². The lowest BCUT2D eigenvalue weighted by Gasteiger charge is -2.26.